The van der Waals surface area contributed by atoms with E-state index in [-0.39, 0.29) is 23.9 Å². The molecular formula is C23H27N5O3S. The summed E-state index contributed by atoms with van der Waals surface area (Å²) in [6, 6.07) is 9.71. The van der Waals surface area contributed by atoms with E-state index in [0.717, 1.165) is 28.2 Å². The third kappa shape index (κ3) is 4.94. The van der Waals surface area contributed by atoms with Crippen molar-refractivity contribution in [3.05, 3.63) is 68.1 Å². The Morgan fingerprint density at radius 2 is 1.81 bits per heavy atom. The fraction of sp³-hybridized carbons (Fsp3) is 0.348. The predicted molar refractivity (Wildman–Crippen MR) is 125 cm³/mol. The van der Waals surface area contributed by atoms with E-state index in [2.05, 4.69) is 15.4 Å². The van der Waals surface area contributed by atoms with Crippen LogP contribution in [0.2, 0.25) is 0 Å². The highest BCUT2D eigenvalue weighted by Crippen LogP contribution is 2.28. The fourth-order valence-electron chi connectivity index (χ4n) is 3.34. The molecule has 2 amide bonds. The van der Waals surface area contributed by atoms with Gasteiger partial charge in [0, 0.05) is 20.1 Å². The van der Waals surface area contributed by atoms with Crippen molar-refractivity contribution >= 4 is 23.2 Å². The molecule has 3 aromatic rings. The normalized spacial score (nSPS) is 10.8. The summed E-state index contributed by atoms with van der Waals surface area (Å²) in [5.74, 6) is -0.544. The Morgan fingerprint density at radius 1 is 1.12 bits per heavy atom. The van der Waals surface area contributed by atoms with E-state index in [4.69, 9.17) is 0 Å². The molecule has 8 nitrogen and oxygen atoms in total. The molecule has 1 aromatic carbocycles. The van der Waals surface area contributed by atoms with Crippen molar-refractivity contribution in [2.24, 2.45) is 7.05 Å². The lowest BCUT2D eigenvalue weighted by Gasteiger charge is -2.21. The first-order valence-electron chi connectivity index (χ1n) is 10.3. The Kier molecular flexibility index (Phi) is 7.19. The maximum Gasteiger partial charge on any atom is 0.277 e. The first kappa shape index (κ1) is 23.3. The molecule has 0 aliphatic rings. The zero-order valence-corrected chi connectivity index (χ0v) is 19.7. The van der Waals surface area contributed by atoms with Gasteiger partial charge in [0.25, 0.3) is 11.5 Å². The topological polar surface area (TPSA) is 97.2 Å². The number of nitrogens with one attached hydrogen (secondary N) is 1. The van der Waals surface area contributed by atoms with Crippen molar-refractivity contribution in [3.8, 4) is 10.6 Å². The molecule has 1 N–H and O–H groups in total. The lowest BCUT2D eigenvalue weighted by Crippen LogP contribution is -2.39. The fourth-order valence-corrected chi connectivity index (χ4v) is 4.42. The van der Waals surface area contributed by atoms with E-state index in [9.17, 15) is 14.4 Å². The minimum absolute atomic E-state index is 0.110. The number of aryl methyl sites for hydroxylation is 3. The Labute approximate surface area is 190 Å². The van der Waals surface area contributed by atoms with Crippen LogP contribution in [0.4, 0.5) is 0 Å². The first-order chi connectivity index (χ1) is 15.2. The van der Waals surface area contributed by atoms with Gasteiger partial charge in [0.05, 0.1) is 23.5 Å². The average Bonchev–Trinajstić information content (AvgIpc) is 3.16. The van der Waals surface area contributed by atoms with E-state index < -0.39 is 0 Å². The van der Waals surface area contributed by atoms with Crippen LogP contribution >= 0.6 is 11.3 Å². The zero-order valence-electron chi connectivity index (χ0n) is 18.9. The smallest absolute Gasteiger partial charge is 0.277 e. The molecule has 2 aromatic heterocycles. The summed E-state index contributed by atoms with van der Waals surface area (Å²) in [4.78, 5) is 44.6. The monoisotopic (exact) mass is 453 g/mol. The number of nitrogens with zero attached hydrogens (tertiary/aromatic N) is 4. The Balaban J connectivity index is 1.74. The SMILES string of the molecule is CCN(Cc1ccccc1)C(=O)CNC(=O)c1sc(-c2c(C)c(C)nn(C)c2=O)nc1C. The average molecular weight is 454 g/mol. The molecule has 32 heavy (non-hydrogen) atoms. The highest BCUT2D eigenvalue weighted by molar-refractivity contribution is 7.17. The molecule has 0 saturated carbocycles. The Hall–Kier alpha value is -3.33. The van der Waals surface area contributed by atoms with Crippen molar-refractivity contribution in [2.75, 3.05) is 13.1 Å². The number of hydrogen-bond acceptors (Lipinski definition) is 6. The summed E-state index contributed by atoms with van der Waals surface area (Å²) >= 11 is 1.15. The summed E-state index contributed by atoms with van der Waals surface area (Å²) in [7, 11) is 1.59. The number of carbonyl (C=O) groups excluding carboxylic acids is 2. The molecule has 168 valence electrons. The number of benzene rings is 1. The first-order valence-corrected chi connectivity index (χ1v) is 11.2. The molecule has 2 heterocycles. The van der Waals surface area contributed by atoms with E-state index in [0.29, 0.717) is 34.2 Å². The van der Waals surface area contributed by atoms with Crippen LogP contribution in [-0.4, -0.2) is 44.6 Å². The van der Waals surface area contributed by atoms with E-state index in [1.165, 1.54) is 4.68 Å². The molecule has 0 aliphatic carbocycles. The molecule has 0 bridgehead atoms. The Bertz CT molecular complexity index is 1200. The van der Waals surface area contributed by atoms with Crippen molar-refractivity contribution in [2.45, 2.75) is 34.2 Å². The van der Waals surface area contributed by atoms with Gasteiger partial charge in [-0.05, 0) is 38.8 Å². The van der Waals surface area contributed by atoms with Crippen LogP contribution in [0.15, 0.2) is 35.1 Å². The summed E-state index contributed by atoms with van der Waals surface area (Å²) in [5.41, 5.74) is 3.20. The molecule has 0 radical (unpaired) electrons. The molecule has 0 atom stereocenters. The van der Waals surface area contributed by atoms with Crippen molar-refractivity contribution in [1.29, 1.82) is 0 Å². The van der Waals surface area contributed by atoms with Crippen LogP contribution in [0, 0.1) is 20.8 Å². The zero-order chi connectivity index (χ0) is 23.4. The van der Waals surface area contributed by atoms with Gasteiger partial charge in [-0.1, -0.05) is 30.3 Å². The third-order valence-electron chi connectivity index (χ3n) is 5.29. The number of likely N-dealkylation sites (N-methyl/N-ethyl adjacent to an activating group) is 1. The third-order valence-corrected chi connectivity index (χ3v) is 6.47. The maximum atomic E-state index is 12.8. The lowest BCUT2D eigenvalue weighted by molar-refractivity contribution is -0.130. The van der Waals surface area contributed by atoms with Gasteiger partial charge in [0.1, 0.15) is 9.88 Å². The lowest BCUT2D eigenvalue weighted by atomic mass is 10.1. The summed E-state index contributed by atoms with van der Waals surface area (Å²) < 4.78 is 1.28. The van der Waals surface area contributed by atoms with Gasteiger partial charge in [0.15, 0.2) is 0 Å². The van der Waals surface area contributed by atoms with Gasteiger partial charge < -0.3 is 10.2 Å². The van der Waals surface area contributed by atoms with Crippen LogP contribution in [0.3, 0.4) is 0 Å². The standard InChI is InChI=1S/C23H27N5O3S/c1-6-28(13-17-10-8-7-9-11-17)18(29)12-24-21(30)20-16(4)25-22(32-20)19-14(2)15(3)26-27(5)23(19)31/h7-11H,6,12-13H2,1-5H3,(H,24,30). The van der Waals surface area contributed by atoms with Crippen molar-refractivity contribution < 1.29 is 9.59 Å². The van der Waals surface area contributed by atoms with Crippen LogP contribution in [-0.2, 0) is 18.4 Å². The van der Waals surface area contributed by atoms with Crippen molar-refractivity contribution in [3.63, 3.8) is 0 Å². The van der Waals surface area contributed by atoms with Crippen LogP contribution in [0.5, 0.6) is 0 Å². The maximum absolute atomic E-state index is 12.8. The second-order valence-electron chi connectivity index (χ2n) is 7.52. The molecular weight excluding hydrogens is 426 g/mol. The second kappa shape index (κ2) is 9.86. The summed E-state index contributed by atoms with van der Waals surface area (Å²) in [5, 5.41) is 7.36. The van der Waals surface area contributed by atoms with Crippen LogP contribution < -0.4 is 10.9 Å². The molecule has 0 unspecified atom stereocenters. The molecule has 0 spiro atoms. The summed E-state index contributed by atoms with van der Waals surface area (Å²) in [6.07, 6.45) is 0. The molecule has 3 rings (SSSR count). The number of hydrogen-bond donors (Lipinski definition) is 1. The molecule has 0 saturated heterocycles. The number of thiazole rings is 1. The van der Waals surface area contributed by atoms with Gasteiger partial charge >= 0.3 is 0 Å². The quantitative estimate of drug-likeness (QED) is 0.593. The number of carbonyl (C=O) groups is 2. The highest BCUT2D eigenvalue weighted by Gasteiger charge is 2.22. The van der Waals surface area contributed by atoms with Gasteiger partial charge in [-0.15, -0.1) is 11.3 Å². The Morgan fingerprint density at radius 3 is 2.47 bits per heavy atom. The summed E-state index contributed by atoms with van der Waals surface area (Å²) in [6.45, 7) is 8.19. The molecule has 0 fully saturated rings. The number of rotatable bonds is 7. The highest BCUT2D eigenvalue weighted by atomic mass is 32.1. The number of amides is 2. The van der Waals surface area contributed by atoms with Gasteiger partial charge in [-0.3, -0.25) is 14.4 Å². The van der Waals surface area contributed by atoms with Gasteiger partial charge in [0.2, 0.25) is 5.91 Å². The largest absolute Gasteiger partial charge is 0.342 e. The van der Waals surface area contributed by atoms with Crippen LogP contribution in [0.25, 0.3) is 10.6 Å². The van der Waals surface area contributed by atoms with Gasteiger partial charge in [-0.2, -0.15) is 5.10 Å². The van der Waals surface area contributed by atoms with E-state index in [1.54, 1.807) is 18.9 Å². The van der Waals surface area contributed by atoms with Crippen LogP contribution in [0.1, 0.15) is 39.1 Å². The van der Waals surface area contributed by atoms with E-state index in [1.807, 2.05) is 51.1 Å². The predicted octanol–water partition coefficient (Wildman–Crippen LogP) is 2.61. The van der Waals surface area contributed by atoms with E-state index >= 15 is 0 Å². The number of aromatic nitrogens is 3. The molecule has 9 heteroatoms. The molecule has 0 aliphatic heterocycles. The van der Waals surface area contributed by atoms with Crippen molar-refractivity contribution in [1.82, 2.24) is 25.0 Å². The second-order valence-corrected chi connectivity index (χ2v) is 8.52. The minimum atomic E-state index is -0.379. The minimum Gasteiger partial charge on any atom is -0.342 e. The van der Waals surface area contributed by atoms with Gasteiger partial charge in [-0.25, -0.2) is 9.67 Å².